The Labute approximate surface area is 128 Å². The molecule has 2 N–H and O–H groups in total. The predicted octanol–water partition coefficient (Wildman–Crippen LogP) is 3.70. The normalized spacial score (nSPS) is 10.2. The summed E-state index contributed by atoms with van der Waals surface area (Å²) in [7, 11) is 1.63. The molecule has 4 nitrogen and oxygen atoms in total. The summed E-state index contributed by atoms with van der Waals surface area (Å²) in [5.74, 6) is -0.179. The van der Waals surface area contributed by atoms with Crippen molar-refractivity contribution >= 4 is 23.3 Å². The first kappa shape index (κ1) is 15.2. The highest BCUT2D eigenvalue weighted by Gasteiger charge is 2.10. The zero-order valence-electron chi connectivity index (χ0n) is 11.6. The molecule has 0 aliphatic rings. The van der Waals surface area contributed by atoms with Gasteiger partial charge in [0.05, 0.1) is 12.7 Å². The molecule has 2 rings (SSSR count). The Kier molecular flexibility index (Phi) is 5.06. The lowest BCUT2D eigenvalue weighted by molar-refractivity contribution is 0.0698. The van der Waals surface area contributed by atoms with Crippen LogP contribution in [0.5, 0.6) is 5.75 Å². The van der Waals surface area contributed by atoms with Gasteiger partial charge in [-0.05, 0) is 42.3 Å². The number of methoxy groups -OCH3 is 1. The minimum atomic E-state index is -0.996. The number of nitrogens with one attached hydrogen (secondary N) is 1. The Hall–Kier alpha value is -2.20. The van der Waals surface area contributed by atoms with E-state index in [2.05, 4.69) is 5.32 Å². The highest BCUT2D eigenvalue weighted by molar-refractivity contribution is 6.31. The Balaban J connectivity index is 1.98. The van der Waals surface area contributed by atoms with Crippen LogP contribution in [0.3, 0.4) is 0 Å². The average molecular weight is 306 g/mol. The third-order valence-electron chi connectivity index (χ3n) is 3.10. The van der Waals surface area contributed by atoms with Crippen LogP contribution in [-0.4, -0.2) is 24.7 Å². The molecule has 0 bridgehead atoms. The predicted molar refractivity (Wildman–Crippen MR) is 83.6 cm³/mol. The average Bonchev–Trinajstić information content (AvgIpc) is 2.49. The van der Waals surface area contributed by atoms with Crippen molar-refractivity contribution in [2.75, 3.05) is 19.0 Å². The van der Waals surface area contributed by atoms with Crippen LogP contribution in [0.15, 0.2) is 42.5 Å². The molecule has 110 valence electrons. The zero-order chi connectivity index (χ0) is 15.2. The largest absolute Gasteiger partial charge is 0.497 e. The lowest BCUT2D eigenvalue weighted by Gasteiger charge is -2.10. The van der Waals surface area contributed by atoms with Gasteiger partial charge in [0.25, 0.3) is 0 Å². The van der Waals surface area contributed by atoms with Gasteiger partial charge in [0, 0.05) is 17.3 Å². The van der Waals surface area contributed by atoms with Crippen LogP contribution in [0.4, 0.5) is 5.69 Å². The third kappa shape index (κ3) is 4.13. The highest BCUT2D eigenvalue weighted by atomic mass is 35.5. The third-order valence-corrected chi connectivity index (χ3v) is 3.34. The molecule has 0 aromatic heterocycles. The summed E-state index contributed by atoms with van der Waals surface area (Å²) in [6, 6.07) is 12.6. The fourth-order valence-electron chi connectivity index (χ4n) is 1.98. The number of benzene rings is 2. The molecule has 2 aromatic carbocycles. The van der Waals surface area contributed by atoms with Crippen LogP contribution in [-0.2, 0) is 6.42 Å². The van der Waals surface area contributed by atoms with E-state index in [1.807, 2.05) is 24.3 Å². The molecule has 0 aliphatic carbocycles. The van der Waals surface area contributed by atoms with Crippen molar-refractivity contribution in [1.82, 2.24) is 0 Å². The molecule has 0 unspecified atom stereocenters. The smallest absolute Gasteiger partial charge is 0.337 e. The molecular weight excluding hydrogens is 290 g/mol. The van der Waals surface area contributed by atoms with Crippen molar-refractivity contribution in [3.63, 3.8) is 0 Å². The molecule has 0 atom stereocenters. The summed E-state index contributed by atoms with van der Waals surface area (Å²) in [6.07, 6.45) is 0.783. The highest BCUT2D eigenvalue weighted by Crippen LogP contribution is 2.21. The van der Waals surface area contributed by atoms with Gasteiger partial charge in [0.1, 0.15) is 5.75 Å². The van der Waals surface area contributed by atoms with Crippen molar-refractivity contribution in [3.8, 4) is 5.75 Å². The van der Waals surface area contributed by atoms with Crippen molar-refractivity contribution in [1.29, 1.82) is 0 Å². The van der Waals surface area contributed by atoms with Gasteiger partial charge in [0.15, 0.2) is 0 Å². The van der Waals surface area contributed by atoms with Crippen molar-refractivity contribution in [2.24, 2.45) is 0 Å². The van der Waals surface area contributed by atoms with E-state index in [9.17, 15) is 4.79 Å². The molecule has 5 heteroatoms. The summed E-state index contributed by atoms with van der Waals surface area (Å²) in [5, 5.41) is 12.7. The van der Waals surface area contributed by atoms with Gasteiger partial charge in [0.2, 0.25) is 0 Å². The van der Waals surface area contributed by atoms with E-state index >= 15 is 0 Å². The summed E-state index contributed by atoms with van der Waals surface area (Å²) in [5.41, 5.74) is 1.90. The molecule has 0 radical (unpaired) electrons. The zero-order valence-corrected chi connectivity index (χ0v) is 12.4. The Morgan fingerprint density at radius 2 is 1.95 bits per heavy atom. The number of ether oxygens (including phenoxy) is 1. The Morgan fingerprint density at radius 3 is 2.57 bits per heavy atom. The van der Waals surface area contributed by atoms with E-state index in [0.29, 0.717) is 17.3 Å². The number of rotatable bonds is 6. The molecule has 0 aliphatic heterocycles. The number of hydrogen-bond acceptors (Lipinski definition) is 3. The van der Waals surface area contributed by atoms with Gasteiger partial charge in [-0.15, -0.1) is 0 Å². The number of aromatic carboxylic acids is 1. The topological polar surface area (TPSA) is 58.6 Å². The maximum absolute atomic E-state index is 11.2. The minimum Gasteiger partial charge on any atom is -0.497 e. The number of carbonyl (C=O) groups is 1. The van der Waals surface area contributed by atoms with E-state index in [4.69, 9.17) is 21.4 Å². The molecule has 21 heavy (non-hydrogen) atoms. The second kappa shape index (κ2) is 6.99. The monoisotopic (exact) mass is 305 g/mol. The minimum absolute atomic E-state index is 0.178. The van der Waals surface area contributed by atoms with E-state index in [-0.39, 0.29) is 5.56 Å². The molecular formula is C16H16ClNO3. The number of anilines is 1. The second-order valence-electron chi connectivity index (χ2n) is 4.52. The van der Waals surface area contributed by atoms with Crippen molar-refractivity contribution < 1.29 is 14.6 Å². The van der Waals surface area contributed by atoms with Crippen LogP contribution in [0, 0.1) is 0 Å². The van der Waals surface area contributed by atoms with Gasteiger partial charge >= 0.3 is 5.97 Å². The quantitative estimate of drug-likeness (QED) is 0.854. The van der Waals surface area contributed by atoms with Crippen LogP contribution in [0.2, 0.25) is 5.02 Å². The molecule has 0 saturated heterocycles. The van der Waals surface area contributed by atoms with E-state index in [0.717, 1.165) is 17.7 Å². The summed E-state index contributed by atoms with van der Waals surface area (Å²) < 4.78 is 5.10. The van der Waals surface area contributed by atoms with Crippen molar-refractivity contribution in [2.45, 2.75) is 6.42 Å². The van der Waals surface area contributed by atoms with E-state index < -0.39 is 5.97 Å². The number of halogens is 1. The number of carboxylic acid groups (broad SMARTS) is 1. The van der Waals surface area contributed by atoms with E-state index in [1.54, 1.807) is 19.2 Å². The SMILES string of the molecule is COc1ccc(CCNc2ccc(Cl)cc2C(=O)O)cc1. The summed E-state index contributed by atoms with van der Waals surface area (Å²) >= 11 is 5.82. The first-order valence-electron chi connectivity index (χ1n) is 6.50. The summed E-state index contributed by atoms with van der Waals surface area (Å²) in [6.45, 7) is 0.633. The maximum atomic E-state index is 11.2. The van der Waals surface area contributed by atoms with Gasteiger partial charge in [-0.25, -0.2) is 4.79 Å². The molecule has 0 spiro atoms. The first-order valence-corrected chi connectivity index (χ1v) is 6.87. The Bertz CT molecular complexity index is 626. The van der Waals surface area contributed by atoms with E-state index in [1.165, 1.54) is 6.07 Å². The van der Waals surface area contributed by atoms with Gasteiger partial charge in [-0.2, -0.15) is 0 Å². The lowest BCUT2D eigenvalue weighted by Crippen LogP contribution is -2.09. The maximum Gasteiger partial charge on any atom is 0.337 e. The van der Waals surface area contributed by atoms with Crippen LogP contribution >= 0.6 is 11.6 Å². The van der Waals surface area contributed by atoms with Gasteiger partial charge in [-0.3, -0.25) is 0 Å². The summed E-state index contributed by atoms with van der Waals surface area (Å²) in [4.78, 5) is 11.2. The van der Waals surface area contributed by atoms with Crippen LogP contribution in [0.25, 0.3) is 0 Å². The number of hydrogen-bond donors (Lipinski definition) is 2. The fraction of sp³-hybridized carbons (Fsp3) is 0.188. The van der Waals surface area contributed by atoms with Crippen LogP contribution < -0.4 is 10.1 Å². The van der Waals surface area contributed by atoms with Gasteiger partial charge < -0.3 is 15.2 Å². The standard InChI is InChI=1S/C16H16ClNO3/c1-21-13-5-2-11(3-6-13)8-9-18-15-7-4-12(17)10-14(15)16(19)20/h2-7,10,18H,8-9H2,1H3,(H,19,20). The van der Waals surface area contributed by atoms with Crippen LogP contribution in [0.1, 0.15) is 15.9 Å². The molecule has 0 heterocycles. The van der Waals surface area contributed by atoms with Gasteiger partial charge in [-0.1, -0.05) is 23.7 Å². The lowest BCUT2D eigenvalue weighted by atomic mass is 10.1. The fourth-order valence-corrected chi connectivity index (χ4v) is 2.15. The molecule has 0 saturated carbocycles. The van der Waals surface area contributed by atoms with Crippen molar-refractivity contribution in [3.05, 3.63) is 58.6 Å². The molecule has 2 aromatic rings. The molecule has 0 amide bonds. The number of carboxylic acids is 1. The molecule has 0 fully saturated rings. The first-order chi connectivity index (χ1) is 10.1. The Morgan fingerprint density at radius 1 is 1.24 bits per heavy atom. The second-order valence-corrected chi connectivity index (χ2v) is 4.96.